The van der Waals surface area contributed by atoms with Crippen molar-refractivity contribution in [3.05, 3.63) is 29.8 Å². The molecule has 0 saturated carbocycles. The van der Waals surface area contributed by atoms with Crippen LogP contribution in [0.1, 0.15) is 30.6 Å². The summed E-state index contributed by atoms with van der Waals surface area (Å²) in [6, 6.07) is 6.76. The molecule has 0 heterocycles. The standard InChI is InChI=1S/C16H23NO5/c1-16(2,15(19)20)8-9-17-14(18)12-4-6-13(7-5-12)22-11-10-21-3/h4-7H,8-11H2,1-3H3,(H,17,18)(H,19,20). The predicted molar refractivity (Wildman–Crippen MR) is 82.2 cm³/mol. The van der Waals surface area contributed by atoms with Gasteiger partial charge < -0.3 is 19.9 Å². The summed E-state index contributed by atoms with van der Waals surface area (Å²) in [5.41, 5.74) is -0.348. The van der Waals surface area contributed by atoms with Crippen LogP contribution in [0.5, 0.6) is 5.75 Å². The zero-order chi connectivity index (χ0) is 16.6. The summed E-state index contributed by atoms with van der Waals surface area (Å²) in [4.78, 5) is 22.9. The molecule has 1 rings (SSSR count). The van der Waals surface area contributed by atoms with E-state index in [9.17, 15) is 9.59 Å². The van der Waals surface area contributed by atoms with Crippen LogP contribution in [0.3, 0.4) is 0 Å². The minimum atomic E-state index is -0.876. The van der Waals surface area contributed by atoms with E-state index in [0.29, 0.717) is 37.5 Å². The van der Waals surface area contributed by atoms with Crippen molar-refractivity contribution in [3.63, 3.8) is 0 Å². The van der Waals surface area contributed by atoms with E-state index in [0.717, 1.165) is 0 Å². The normalized spacial score (nSPS) is 11.0. The maximum atomic E-state index is 12.0. The van der Waals surface area contributed by atoms with E-state index < -0.39 is 11.4 Å². The van der Waals surface area contributed by atoms with Gasteiger partial charge in [0.25, 0.3) is 5.91 Å². The van der Waals surface area contributed by atoms with Gasteiger partial charge in [-0.3, -0.25) is 9.59 Å². The number of hydrogen-bond acceptors (Lipinski definition) is 4. The van der Waals surface area contributed by atoms with Gasteiger partial charge in [0, 0.05) is 19.2 Å². The van der Waals surface area contributed by atoms with Crippen LogP contribution in [0.15, 0.2) is 24.3 Å². The van der Waals surface area contributed by atoms with Crippen molar-refractivity contribution in [2.24, 2.45) is 5.41 Å². The third kappa shape index (κ3) is 5.73. The van der Waals surface area contributed by atoms with Crippen LogP contribution >= 0.6 is 0 Å². The van der Waals surface area contributed by atoms with E-state index in [1.54, 1.807) is 45.2 Å². The van der Waals surface area contributed by atoms with E-state index in [1.165, 1.54) is 0 Å². The number of hydrogen-bond donors (Lipinski definition) is 2. The number of ether oxygens (including phenoxy) is 2. The molecule has 0 atom stereocenters. The summed E-state index contributed by atoms with van der Waals surface area (Å²) in [5.74, 6) is -0.440. The first-order chi connectivity index (χ1) is 10.4. The minimum Gasteiger partial charge on any atom is -0.491 e. The Hall–Kier alpha value is -2.08. The molecule has 0 aliphatic rings. The van der Waals surface area contributed by atoms with Gasteiger partial charge in [0.2, 0.25) is 0 Å². The van der Waals surface area contributed by atoms with Crippen molar-refractivity contribution in [1.82, 2.24) is 5.32 Å². The highest BCUT2D eigenvalue weighted by Gasteiger charge is 2.26. The van der Waals surface area contributed by atoms with Gasteiger partial charge in [0.1, 0.15) is 12.4 Å². The van der Waals surface area contributed by atoms with Gasteiger partial charge in [-0.05, 0) is 44.5 Å². The van der Waals surface area contributed by atoms with Crippen molar-refractivity contribution in [1.29, 1.82) is 0 Å². The van der Waals surface area contributed by atoms with Gasteiger partial charge in [-0.15, -0.1) is 0 Å². The minimum absolute atomic E-state index is 0.232. The van der Waals surface area contributed by atoms with Crippen LogP contribution in [-0.2, 0) is 9.53 Å². The van der Waals surface area contributed by atoms with E-state index in [-0.39, 0.29) is 5.91 Å². The maximum Gasteiger partial charge on any atom is 0.309 e. The predicted octanol–water partition coefficient (Wildman–Crippen LogP) is 1.94. The average molecular weight is 309 g/mol. The fraction of sp³-hybridized carbons (Fsp3) is 0.500. The quantitative estimate of drug-likeness (QED) is 0.681. The molecule has 1 amide bonds. The number of aliphatic carboxylic acids is 1. The molecular weight excluding hydrogens is 286 g/mol. The Kier molecular flexibility index (Phi) is 6.85. The number of carboxylic acids is 1. The number of benzene rings is 1. The SMILES string of the molecule is COCCOc1ccc(C(=O)NCCC(C)(C)C(=O)O)cc1. The van der Waals surface area contributed by atoms with E-state index in [4.69, 9.17) is 14.6 Å². The molecule has 0 fully saturated rings. The summed E-state index contributed by atoms with van der Waals surface area (Å²) in [6.45, 7) is 4.53. The number of carbonyl (C=O) groups excluding carboxylic acids is 1. The second-order valence-corrected chi connectivity index (χ2v) is 5.56. The molecule has 1 aromatic rings. The number of carbonyl (C=O) groups is 2. The van der Waals surface area contributed by atoms with Crippen LogP contribution in [0.4, 0.5) is 0 Å². The monoisotopic (exact) mass is 309 g/mol. The highest BCUT2D eigenvalue weighted by Crippen LogP contribution is 2.19. The fourth-order valence-corrected chi connectivity index (χ4v) is 1.64. The number of amides is 1. The maximum absolute atomic E-state index is 12.0. The molecule has 0 saturated heterocycles. The summed E-state index contributed by atoms with van der Waals surface area (Å²) in [6.07, 6.45) is 0.367. The lowest BCUT2D eigenvalue weighted by Gasteiger charge is -2.18. The smallest absolute Gasteiger partial charge is 0.309 e. The van der Waals surface area contributed by atoms with Crippen LogP contribution in [0.2, 0.25) is 0 Å². The first-order valence-electron chi connectivity index (χ1n) is 7.10. The molecule has 6 heteroatoms. The second-order valence-electron chi connectivity index (χ2n) is 5.56. The van der Waals surface area contributed by atoms with Crippen LogP contribution in [-0.4, -0.2) is 43.9 Å². The van der Waals surface area contributed by atoms with Crippen molar-refractivity contribution < 1.29 is 24.2 Å². The van der Waals surface area contributed by atoms with Crippen LogP contribution in [0.25, 0.3) is 0 Å². The van der Waals surface area contributed by atoms with Gasteiger partial charge in [-0.1, -0.05) is 0 Å². The Labute approximate surface area is 130 Å². The number of nitrogens with one attached hydrogen (secondary N) is 1. The third-order valence-corrected chi connectivity index (χ3v) is 3.29. The van der Waals surface area contributed by atoms with Gasteiger partial charge >= 0.3 is 5.97 Å². The topological polar surface area (TPSA) is 84.9 Å². The molecule has 22 heavy (non-hydrogen) atoms. The highest BCUT2D eigenvalue weighted by atomic mass is 16.5. The summed E-state index contributed by atoms with van der Waals surface area (Å²) >= 11 is 0. The zero-order valence-electron chi connectivity index (χ0n) is 13.2. The highest BCUT2D eigenvalue weighted by molar-refractivity contribution is 5.94. The van der Waals surface area contributed by atoms with Crippen molar-refractivity contribution >= 4 is 11.9 Å². The lowest BCUT2D eigenvalue weighted by Crippen LogP contribution is -2.31. The molecule has 0 bridgehead atoms. The van der Waals surface area contributed by atoms with E-state index in [1.807, 2.05) is 0 Å². The first-order valence-corrected chi connectivity index (χ1v) is 7.10. The molecule has 1 aromatic carbocycles. The van der Waals surface area contributed by atoms with Crippen LogP contribution < -0.4 is 10.1 Å². The van der Waals surface area contributed by atoms with Gasteiger partial charge in [0.05, 0.1) is 12.0 Å². The van der Waals surface area contributed by atoms with E-state index >= 15 is 0 Å². The summed E-state index contributed by atoms with van der Waals surface area (Å²) < 4.78 is 10.3. The molecular formula is C16H23NO5. The molecule has 0 aromatic heterocycles. The van der Waals surface area contributed by atoms with Crippen molar-refractivity contribution in [2.75, 3.05) is 26.9 Å². The Morgan fingerprint density at radius 2 is 1.82 bits per heavy atom. The lowest BCUT2D eigenvalue weighted by atomic mass is 9.90. The Morgan fingerprint density at radius 1 is 1.18 bits per heavy atom. The Balaban J connectivity index is 2.44. The number of rotatable bonds is 9. The van der Waals surface area contributed by atoms with Crippen molar-refractivity contribution in [2.45, 2.75) is 20.3 Å². The molecule has 0 spiro atoms. The number of carboxylic acid groups (broad SMARTS) is 1. The third-order valence-electron chi connectivity index (χ3n) is 3.29. The molecule has 0 radical (unpaired) electrons. The molecule has 0 aliphatic heterocycles. The molecule has 0 aliphatic carbocycles. The number of methoxy groups -OCH3 is 1. The van der Waals surface area contributed by atoms with Crippen LogP contribution in [0, 0.1) is 5.41 Å². The van der Waals surface area contributed by atoms with Crippen molar-refractivity contribution in [3.8, 4) is 5.75 Å². The fourth-order valence-electron chi connectivity index (χ4n) is 1.64. The first kappa shape index (κ1) is 18.0. The molecule has 2 N–H and O–H groups in total. The zero-order valence-corrected chi connectivity index (χ0v) is 13.2. The second kappa shape index (κ2) is 8.38. The van der Waals surface area contributed by atoms with E-state index in [2.05, 4.69) is 5.32 Å². The lowest BCUT2D eigenvalue weighted by molar-refractivity contribution is -0.147. The van der Waals surface area contributed by atoms with Gasteiger partial charge in [-0.2, -0.15) is 0 Å². The Morgan fingerprint density at radius 3 is 2.36 bits per heavy atom. The molecule has 0 unspecified atom stereocenters. The summed E-state index contributed by atoms with van der Waals surface area (Å²) in [7, 11) is 1.60. The molecule has 122 valence electrons. The van der Waals surface area contributed by atoms with Gasteiger partial charge in [0.15, 0.2) is 0 Å². The summed E-state index contributed by atoms with van der Waals surface area (Å²) in [5, 5.41) is 11.7. The Bertz CT molecular complexity index is 496. The largest absolute Gasteiger partial charge is 0.491 e. The van der Waals surface area contributed by atoms with Gasteiger partial charge in [-0.25, -0.2) is 0 Å². The molecule has 6 nitrogen and oxygen atoms in total. The average Bonchev–Trinajstić information content (AvgIpc) is 2.47.